The van der Waals surface area contributed by atoms with Gasteiger partial charge in [-0.15, -0.1) is 11.3 Å². The Morgan fingerprint density at radius 1 is 1.35 bits per heavy atom. The summed E-state index contributed by atoms with van der Waals surface area (Å²) in [6.45, 7) is 1.88. The van der Waals surface area contributed by atoms with Crippen molar-refractivity contribution in [3.63, 3.8) is 0 Å². The lowest BCUT2D eigenvalue weighted by Crippen LogP contribution is -2.30. The Hall–Kier alpha value is -2.21. The molecule has 1 aliphatic heterocycles. The van der Waals surface area contributed by atoms with Crippen LogP contribution in [-0.2, 0) is 22.4 Å². The molecular formula is C20H23N3O2S. The highest BCUT2D eigenvalue weighted by Crippen LogP contribution is 2.43. The fourth-order valence-electron chi connectivity index (χ4n) is 3.92. The SMILES string of the molecule is CCC(=O)N[C@@H]1CCCc2c(-c3cc4c(s3)CCC(=O)N4C)cncc21. The van der Waals surface area contributed by atoms with Crippen LogP contribution in [0.1, 0.15) is 54.7 Å². The van der Waals surface area contributed by atoms with Gasteiger partial charge in [-0.1, -0.05) is 6.92 Å². The van der Waals surface area contributed by atoms with Crippen LogP contribution in [-0.4, -0.2) is 23.8 Å². The summed E-state index contributed by atoms with van der Waals surface area (Å²) in [6, 6.07) is 2.18. The summed E-state index contributed by atoms with van der Waals surface area (Å²) >= 11 is 1.77. The van der Waals surface area contributed by atoms with Gasteiger partial charge in [-0.3, -0.25) is 14.6 Å². The van der Waals surface area contributed by atoms with Crippen LogP contribution in [0.2, 0.25) is 0 Å². The fraction of sp³-hybridized carbons (Fsp3) is 0.450. The smallest absolute Gasteiger partial charge is 0.227 e. The third-order valence-electron chi connectivity index (χ3n) is 5.40. The van der Waals surface area contributed by atoms with Gasteiger partial charge in [0, 0.05) is 47.6 Å². The molecule has 3 heterocycles. The first-order valence-corrected chi connectivity index (χ1v) is 10.1. The van der Waals surface area contributed by atoms with E-state index >= 15 is 0 Å². The standard InChI is InChI=1S/C20H23N3O2S/c1-3-19(24)22-15-6-4-5-12-13(15)10-21-11-14(12)18-9-16-17(26-18)7-8-20(25)23(16)2/h9-11,15H,3-8H2,1-2H3,(H,22,24)/t15-/m1/s1. The molecule has 2 amide bonds. The largest absolute Gasteiger partial charge is 0.349 e. The molecule has 0 aromatic carbocycles. The second kappa shape index (κ2) is 6.83. The molecule has 26 heavy (non-hydrogen) atoms. The number of hydrogen-bond acceptors (Lipinski definition) is 4. The zero-order valence-corrected chi connectivity index (χ0v) is 16.0. The van der Waals surface area contributed by atoms with Gasteiger partial charge in [0.15, 0.2) is 0 Å². The van der Waals surface area contributed by atoms with E-state index in [-0.39, 0.29) is 17.9 Å². The molecule has 0 saturated heterocycles. The van der Waals surface area contributed by atoms with E-state index in [1.165, 1.54) is 15.3 Å². The van der Waals surface area contributed by atoms with Gasteiger partial charge in [-0.05, 0) is 42.9 Å². The summed E-state index contributed by atoms with van der Waals surface area (Å²) in [4.78, 5) is 32.5. The van der Waals surface area contributed by atoms with Crippen molar-refractivity contribution in [2.45, 2.75) is 51.5 Å². The van der Waals surface area contributed by atoms with Crippen molar-refractivity contribution in [3.05, 3.63) is 34.5 Å². The number of amides is 2. The molecule has 136 valence electrons. The predicted octanol–water partition coefficient (Wildman–Crippen LogP) is 3.62. The van der Waals surface area contributed by atoms with Crippen LogP contribution < -0.4 is 10.2 Å². The molecule has 5 nitrogen and oxygen atoms in total. The van der Waals surface area contributed by atoms with Gasteiger partial charge in [0.25, 0.3) is 0 Å². The average Bonchev–Trinajstić information content (AvgIpc) is 3.09. The van der Waals surface area contributed by atoms with Gasteiger partial charge in [0.2, 0.25) is 11.8 Å². The van der Waals surface area contributed by atoms with Crippen LogP contribution >= 0.6 is 11.3 Å². The molecule has 0 bridgehead atoms. The highest BCUT2D eigenvalue weighted by molar-refractivity contribution is 7.16. The van der Waals surface area contributed by atoms with Crippen molar-refractivity contribution in [1.82, 2.24) is 10.3 Å². The first-order valence-electron chi connectivity index (χ1n) is 9.24. The third kappa shape index (κ3) is 2.92. The number of aromatic nitrogens is 1. The summed E-state index contributed by atoms with van der Waals surface area (Å²) in [5, 5.41) is 3.14. The molecule has 0 radical (unpaired) electrons. The Morgan fingerprint density at radius 3 is 3.00 bits per heavy atom. The normalized spacial score (nSPS) is 19.1. The Labute approximate surface area is 157 Å². The summed E-state index contributed by atoms with van der Waals surface area (Å²) in [7, 11) is 1.85. The maximum Gasteiger partial charge on any atom is 0.227 e. The number of fused-ring (bicyclic) bond motifs is 2. The van der Waals surface area contributed by atoms with E-state index in [1.807, 2.05) is 26.4 Å². The van der Waals surface area contributed by atoms with Gasteiger partial charge in [0.05, 0.1) is 11.7 Å². The van der Waals surface area contributed by atoms with Gasteiger partial charge in [0.1, 0.15) is 0 Å². The Balaban J connectivity index is 1.73. The van der Waals surface area contributed by atoms with Crippen molar-refractivity contribution in [2.24, 2.45) is 0 Å². The van der Waals surface area contributed by atoms with Gasteiger partial charge < -0.3 is 10.2 Å². The quantitative estimate of drug-likeness (QED) is 0.899. The molecule has 1 aliphatic carbocycles. The molecule has 0 unspecified atom stereocenters. The second-order valence-corrected chi connectivity index (χ2v) is 8.13. The average molecular weight is 369 g/mol. The zero-order chi connectivity index (χ0) is 18.3. The molecule has 2 aliphatic rings. The van der Waals surface area contributed by atoms with Crippen LogP contribution in [0.5, 0.6) is 0 Å². The maximum absolute atomic E-state index is 12.0. The van der Waals surface area contributed by atoms with Gasteiger partial charge in [-0.25, -0.2) is 0 Å². The number of pyridine rings is 1. The number of hydrogen-bond donors (Lipinski definition) is 1. The highest BCUT2D eigenvalue weighted by atomic mass is 32.1. The molecule has 0 fully saturated rings. The minimum atomic E-state index is 0.0532. The van der Waals surface area contributed by atoms with Gasteiger partial charge in [-0.2, -0.15) is 0 Å². The van der Waals surface area contributed by atoms with Crippen molar-refractivity contribution in [3.8, 4) is 10.4 Å². The molecule has 6 heteroatoms. The maximum atomic E-state index is 12.0. The van der Waals surface area contributed by atoms with E-state index in [0.717, 1.165) is 42.5 Å². The second-order valence-electron chi connectivity index (χ2n) is 6.99. The molecule has 2 aromatic rings. The van der Waals surface area contributed by atoms with E-state index in [0.29, 0.717) is 12.8 Å². The predicted molar refractivity (Wildman–Crippen MR) is 103 cm³/mol. The molecular weight excluding hydrogens is 346 g/mol. The molecule has 4 rings (SSSR count). The summed E-state index contributed by atoms with van der Waals surface area (Å²) < 4.78 is 0. The Kier molecular flexibility index (Phi) is 4.53. The molecule has 1 atom stereocenters. The van der Waals surface area contributed by atoms with E-state index in [1.54, 1.807) is 16.2 Å². The van der Waals surface area contributed by atoms with Crippen LogP contribution in [0, 0.1) is 0 Å². The number of thiophene rings is 1. The zero-order valence-electron chi connectivity index (χ0n) is 15.2. The minimum Gasteiger partial charge on any atom is -0.349 e. The van der Waals surface area contributed by atoms with E-state index in [4.69, 9.17) is 0 Å². The number of aryl methyl sites for hydroxylation is 1. The first-order chi connectivity index (χ1) is 12.6. The lowest BCUT2D eigenvalue weighted by molar-refractivity contribution is -0.121. The Morgan fingerprint density at radius 2 is 2.19 bits per heavy atom. The van der Waals surface area contributed by atoms with Crippen LogP contribution in [0.25, 0.3) is 10.4 Å². The number of rotatable bonds is 3. The van der Waals surface area contributed by atoms with Crippen molar-refractivity contribution in [1.29, 1.82) is 0 Å². The topological polar surface area (TPSA) is 62.3 Å². The van der Waals surface area contributed by atoms with Gasteiger partial charge >= 0.3 is 0 Å². The van der Waals surface area contributed by atoms with E-state index < -0.39 is 0 Å². The number of nitrogens with one attached hydrogen (secondary N) is 1. The molecule has 1 N–H and O–H groups in total. The van der Waals surface area contributed by atoms with E-state index in [2.05, 4.69) is 16.4 Å². The number of carbonyl (C=O) groups is 2. The minimum absolute atomic E-state index is 0.0532. The van der Waals surface area contributed by atoms with Crippen LogP contribution in [0.15, 0.2) is 18.5 Å². The van der Waals surface area contributed by atoms with Crippen LogP contribution in [0.3, 0.4) is 0 Å². The third-order valence-corrected chi connectivity index (χ3v) is 6.61. The monoisotopic (exact) mass is 369 g/mol. The summed E-state index contributed by atoms with van der Waals surface area (Å²) in [5.41, 5.74) is 4.62. The number of carbonyl (C=O) groups excluding carboxylic acids is 2. The number of anilines is 1. The summed E-state index contributed by atoms with van der Waals surface area (Å²) in [6.07, 6.45) is 8.76. The lowest BCUT2D eigenvalue weighted by atomic mass is 9.86. The summed E-state index contributed by atoms with van der Waals surface area (Å²) in [5.74, 6) is 0.261. The number of nitrogens with zero attached hydrogens (tertiary/aromatic N) is 2. The highest BCUT2D eigenvalue weighted by Gasteiger charge is 2.27. The van der Waals surface area contributed by atoms with Crippen molar-refractivity contribution in [2.75, 3.05) is 11.9 Å². The Bertz CT molecular complexity index is 874. The molecule has 0 spiro atoms. The van der Waals surface area contributed by atoms with Crippen LogP contribution in [0.4, 0.5) is 5.69 Å². The van der Waals surface area contributed by atoms with E-state index in [9.17, 15) is 9.59 Å². The first kappa shape index (κ1) is 17.2. The fourth-order valence-corrected chi connectivity index (χ4v) is 5.14. The van der Waals surface area contributed by atoms with Crippen molar-refractivity contribution < 1.29 is 9.59 Å². The molecule has 0 saturated carbocycles. The molecule has 2 aromatic heterocycles. The van der Waals surface area contributed by atoms with Crippen molar-refractivity contribution >= 4 is 28.8 Å². The lowest BCUT2D eigenvalue weighted by Gasteiger charge is -2.27.